The molecule has 1 atom stereocenters. The zero-order valence-corrected chi connectivity index (χ0v) is 9.75. The molecule has 0 aromatic carbocycles. The summed E-state index contributed by atoms with van der Waals surface area (Å²) in [5.41, 5.74) is -0.682. The smallest absolute Gasteiger partial charge is 0.405 e. The van der Waals surface area contributed by atoms with Crippen molar-refractivity contribution in [3.05, 3.63) is 0 Å². The molecule has 0 bridgehead atoms. The van der Waals surface area contributed by atoms with Crippen LogP contribution < -0.4 is 5.32 Å². The fourth-order valence-corrected chi connectivity index (χ4v) is 1.56. The van der Waals surface area contributed by atoms with Gasteiger partial charge >= 0.3 is 6.09 Å². The fourth-order valence-electron chi connectivity index (χ4n) is 1.56. The Hall–Kier alpha value is -0.770. The highest BCUT2D eigenvalue weighted by molar-refractivity contribution is 5.65. The molecule has 4 heteroatoms. The van der Waals surface area contributed by atoms with E-state index in [0.717, 1.165) is 12.8 Å². The number of aliphatic hydroxyl groups is 1. The quantitative estimate of drug-likeness (QED) is 0.547. The van der Waals surface area contributed by atoms with Crippen molar-refractivity contribution in [1.29, 1.82) is 0 Å². The van der Waals surface area contributed by atoms with E-state index in [0.29, 0.717) is 6.42 Å². The van der Waals surface area contributed by atoms with Crippen LogP contribution in [0.25, 0.3) is 0 Å². The largest absolute Gasteiger partial charge is 0.465 e. The first-order valence-electron chi connectivity index (χ1n) is 5.66. The minimum absolute atomic E-state index is 0.146. The predicted octanol–water partition coefficient (Wildman–Crippen LogP) is 2.37. The van der Waals surface area contributed by atoms with E-state index in [9.17, 15) is 4.79 Å². The monoisotopic (exact) mass is 217 g/mol. The third-order valence-corrected chi connectivity index (χ3v) is 2.59. The van der Waals surface area contributed by atoms with Gasteiger partial charge in [-0.1, -0.05) is 39.0 Å². The number of carboxylic acid groups (broad SMARTS) is 1. The van der Waals surface area contributed by atoms with Crippen LogP contribution in [0.2, 0.25) is 0 Å². The maximum absolute atomic E-state index is 10.5. The number of unbranched alkanes of at least 4 members (excludes halogenated alkanes) is 4. The van der Waals surface area contributed by atoms with E-state index in [2.05, 4.69) is 12.2 Å². The van der Waals surface area contributed by atoms with E-state index in [1.165, 1.54) is 19.3 Å². The summed E-state index contributed by atoms with van der Waals surface area (Å²) in [4.78, 5) is 10.5. The molecule has 0 saturated heterocycles. The molecule has 0 aliphatic heterocycles. The minimum Gasteiger partial charge on any atom is -0.465 e. The van der Waals surface area contributed by atoms with Gasteiger partial charge in [0.15, 0.2) is 0 Å². The van der Waals surface area contributed by atoms with Gasteiger partial charge in [0.25, 0.3) is 0 Å². The summed E-state index contributed by atoms with van der Waals surface area (Å²) in [6.45, 7) is 3.75. The minimum atomic E-state index is -1.07. The summed E-state index contributed by atoms with van der Waals surface area (Å²) < 4.78 is 0. The number of hydrogen-bond acceptors (Lipinski definition) is 2. The van der Waals surface area contributed by atoms with Crippen molar-refractivity contribution in [2.75, 3.05) is 6.61 Å². The molecule has 15 heavy (non-hydrogen) atoms. The highest BCUT2D eigenvalue weighted by atomic mass is 16.4. The van der Waals surface area contributed by atoms with Gasteiger partial charge in [-0.2, -0.15) is 0 Å². The number of carbonyl (C=O) groups is 1. The summed E-state index contributed by atoms with van der Waals surface area (Å²) in [5.74, 6) is 0. The zero-order chi connectivity index (χ0) is 11.7. The number of aliphatic hydroxyl groups excluding tert-OH is 1. The molecule has 0 aromatic rings. The van der Waals surface area contributed by atoms with Crippen molar-refractivity contribution in [1.82, 2.24) is 5.32 Å². The van der Waals surface area contributed by atoms with Crippen LogP contribution in [-0.2, 0) is 0 Å². The van der Waals surface area contributed by atoms with E-state index in [-0.39, 0.29) is 6.61 Å². The zero-order valence-electron chi connectivity index (χ0n) is 9.75. The molecule has 0 aromatic heterocycles. The lowest BCUT2D eigenvalue weighted by Gasteiger charge is -2.27. The van der Waals surface area contributed by atoms with Crippen LogP contribution >= 0.6 is 0 Å². The molecular formula is C11H23NO3. The molecule has 4 nitrogen and oxygen atoms in total. The predicted molar refractivity (Wildman–Crippen MR) is 60.0 cm³/mol. The standard InChI is InChI=1S/C11H23NO3/c1-3-4-5-6-7-8-11(2,9-13)12-10(14)15/h12-13H,3-9H2,1-2H3,(H,14,15). The number of nitrogens with one attached hydrogen (secondary N) is 1. The second-order valence-corrected chi connectivity index (χ2v) is 4.31. The molecule has 0 aliphatic rings. The van der Waals surface area contributed by atoms with Crippen molar-refractivity contribution >= 4 is 6.09 Å². The van der Waals surface area contributed by atoms with Crippen LogP contribution in [0.3, 0.4) is 0 Å². The van der Waals surface area contributed by atoms with E-state index < -0.39 is 11.6 Å². The molecule has 0 heterocycles. The van der Waals surface area contributed by atoms with Crippen molar-refractivity contribution in [2.24, 2.45) is 0 Å². The molecule has 0 aliphatic carbocycles. The van der Waals surface area contributed by atoms with Crippen molar-refractivity contribution in [2.45, 2.75) is 57.9 Å². The topological polar surface area (TPSA) is 69.6 Å². The summed E-state index contributed by atoms with van der Waals surface area (Å²) in [6.07, 6.45) is 5.29. The maximum Gasteiger partial charge on any atom is 0.405 e. The van der Waals surface area contributed by atoms with E-state index in [4.69, 9.17) is 10.2 Å². The second kappa shape index (κ2) is 7.51. The van der Waals surface area contributed by atoms with Gasteiger partial charge < -0.3 is 15.5 Å². The van der Waals surface area contributed by atoms with Crippen molar-refractivity contribution < 1.29 is 15.0 Å². The Morgan fingerprint density at radius 1 is 1.27 bits per heavy atom. The molecular weight excluding hydrogens is 194 g/mol. The third kappa shape index (κ3) is 7.19. The average molecular weight is 217 g/mol. The molecule has 0 fully saturated rings. The van der Waals surface area contributed by atoms with Crippen LogP contribution in [0.15, 0.2) is 0 Å². The Labute approximate surface area is 91.7 Å². The van der Waals surface area contributed by atoms with Gasteiger partial charge in [0.2, 0.25) is 0 Å². The molecule has 0 spiro atoms. The number of amides is 1. The highest BCUT2D eigenvalue weighted by Crippen LogP contribution is 2.15. The fraction of sp³-hybridized carbons (Fsp3) is 0.909. The van der Waals surface area contributed by atoms with Gasteiger partial charge in [0.05, 0.1) is 12.1 Å². The van der Waals surface area contributed by atoms with E-state index in [1.807, 2.05) is 0 Å². The van der Waals surface area contributed by atoms with Gasteiger partial charge in [-0.05, 0) is 13.3 Å². The van der Waals surface area contributed by atoms with E-state index >= 15 is 0 Å². The van der Waals surface area contributed by atoms with Crippen LogP contribution in [0, 0.1) is 0 Å². The lowest BCUT2D eigenvalue weighted by Crippen LogP contribution is -2.48. The first-order valence-corrected chi connectivity index (χ1v) is 5.66. The molecule has 0 saturated carbocycles. The third-order valence-electron chi connectivity index (χ3n) is 2.59. The Balaban J connectivity index is 3.73. The lowest BCUT2D eigenvalue weighted by molar-refractivity contribution is 0.139. The number of rotatable bonds is 8. The van der Waals surface area contributed by atoms with Crippen molar-refractivity contribution in [3.63, 3.8) is 0 Å². The summed E-state index contributed by atoms with van der Waals surface area (Å²) >= 11 is 0. The molecule has 0 radical (unpaired) electrons. The van der Waals surface area contributed by atoms with Crippen LogP contribution in [-0.4, -0.2) is 28.5 Å². The SMILES string of the molecule is CCCCCCCC(C)(CO)NC(=O)O. The number of hydrogen-bond donors (Lipinski definition) is 3. The van der Waals surface area contributed by atoms with Gasteiger partial charge in [-0.15, -0.1) is 0 Å². The Morgan fingerprint density at radius 2 is 1.87 bits per heavy atom. The Bertz CT molecular complexity index is 185. The Kier molecular flexibility index (Phi) is 7.13. The summed E-state index contributed by atoms with van der Waals surface area (Å²) in [5, 5.41) is 20.1. The normalized spacial score (nSPS) is 14.6. The summed E-state index contributed by atoms with van der Waals surface area (Å²) in [6, 6.07) is 0. The van der Waals surface area contributed by atoms with Gasteiger partial charge in [0, 0.05) is 0 Å². The van der Waals surface area contributed by atoms with Crippen LogP contribution in [0.1, 0.15) is 52.4 Å². The molecule has 0 rings (SSSR count). The highest BCUT2D eigenvalue weighted by Gasteiger charge is 2.24. The van der Waals surface area contributed by atoms with Crippen LogP contribution in [0.4, 0.5) is 4.79 Å². The molecule has 90 valence electrons. The van der Waals surface area contributed by atoms with Crippen LogP contribution in [0.5, 0.6) is 0 Å². The van der Waals surface area contributed by atoms with Gasteiger partial charge in [-0.3, -0.25) is 0 Å². The first kappa shape index (κ1) is 14.2. The lowest BCUT2D eigenvalue weighted by atomic mass is 9.95. The second-order valence-electron chi connectivity index (χ2n) is 4.31. The molecule has 1 amide bonds. The summed E-state index contributed by atoms with van der Waals surface area (Å²) in [7, 11) is 0. The molecule has 3 N–H and O–H groups in total. The first-order chi connectivity index (χ1) is 7.04. The maximum atomic E-state index is 10.5. The van der Waals surface area contributed by atoms with E-state index in [1.54, 1.807) is 6.92 Å². The Morgan fingerprint density at radius 3 is 2.33 bits per heavy atom. The van der Waals surface area contributed by atoms with Gasteiger partial charge in [0.1, 0.15) is 0 Å². The van der Waals surface area contributed by atoms with Gasteiger partial charge in [-0.25, -0.2) is 4.79 Å². The molecule has 1 unspecified atom stereocenters. The van der Waals surface area contributed by atoms with Crippen molar-refractivity contribution in [3.8, 4) is 0 Å². The average Bonchev–Trinajstić information content (AvgIpc) is 2.16.